The molecule has 39 heavy (non-hydrogen) atoms. The van der Waals surface area contributed by atoms with E-state index >= 15 is 0 Å². The minimum Gasteiger partial charge on any atom is -0.339 e. The Labute approximate surface area is 224 Å². The molecular weight excluding hydrogens is 511 g/mol. The van der Waals surface area contributed by atoms with Gasteiger partial charge >= 0.3 is 6.18 Å². The fraction of sp³-hybridized carbons (Fsp3) is 0.481. The highest BCUT2D eigenvalue weighted by molar-refractivity contribution is 5.95. The maximum atomic E-state index is 12.9. The third-order valence-electron chi connectivity index (χ3n) is 7.72. The molecule has 0 unspecified atom stereocenters. The number of rotatable bonds is 7. The Hall–Kier alpha value is -3.67. The molecule has 2 aromatic rings. The number of carbonyl (C=O) groups is 2. The van der Waals surface area contributed by atoms with Crippen molar-refractivity contribution in [2.75, 3.05) is 44.6 Å². The average Bonchev–Trinajstić information content (AvgIpc) is 3.51. The zero-order valence-electron chi connectivity index (χ0n) is 21.9. The first-order valence-electron chi connectivity index (χ1n) is 13.0. The summed E-state index contributed by atoms with van der Waals surface area (Å²) in [4.78, 5) is 32.9. The van der Waals surface area contributed by atoms with Crippen LogP contribution in [0.2, 0.25) is 0 Å². The smallest absolute Gasteiger partial charge is 0.339 e. The Morgan fingerprint density at radius 3 is 2.49 bits per heavy atom. The lowest BCUT2D eigenvalue weighted by atomic mass is 9.81. The van der Waals surface area contributed by atoms with Crippen molar-refractivity contribution in [3.05, 3.63) is 53.9 Å². The fourth-order valence-electron chi connectivity index (χ4n) is 5.30. The largest absolute Gasteiger partial charge is 0.389 e. The van der Waals surface area contributed by atoms with Crippen LogP contribution in [0.1, 0.15) is 41.9 Å². The molecule has 0 saturated carbocycles. The quantitative estimate of drug-likeness (QED) is 0.555. The molecule has 5 rings (SSSR count). The number of anilines is 2. The Morgan fingerprint density at radius 2 is 1.90 bits per heavy atom. The van der Waals surface area contributed by atoms with Crippen molar-refractivity contribution in [3.8, 4) is 0 Å². The summed E-state index contributed by atoms with van der Waals surface area (Å²) < 4.78 is 38.9. The number of hydrogen-bond acceptors (Lipinski definition) is 6. The van der Waals surface area contributed by atoms with E-state index in [1.54, 1.807) is 29.9 Å². The van der Waals surface area contributed by atoms with E-state index in [0.717, 1.165) is 43.9 Å². The third-order valence-corrected chi connectivity index (χ3v) is 7.72. The molecule has 0 atom stereocenters. The standard InChI is InChI=1S/C27H32F3N7O2/c1-18(19-8-12-36(13-9-19)22(38)7-10-27(28,29)30)23-33-25(34-35(23)2)32-21-5-3-20(4-6-21)24(39)37-14-11-26(17-37)15-31-16-26/h3-6,8,31H,1,7,9-17H2,2H3,(H,32,34). The summed E-state index contributed by atoms with van der Waals surface area (Å²) in [7, 11) is 1.75. The van der Waals surface area contributed by atoms with Gasteiger partial charge in [-0.25, -0.2) is 4.68 Å². The van der Waals surface area contributed by atoms with Crippen LogP contribution in [0, 0.1) is 5.41 Å². The lowest BCUT2D eigenvalue weighted by Gasteiger charge is -2.39. The predicted octanol–water partition coefficient (Wildman–Crippen LogP) is 3.51. The molecule has 0 bridgehead atoms. The van der Waals surface area contributed by atoms with E-state index in [0.29, 0.717) is 35.9 Å². The van der Waals surface area contributed by atoms with Crippen molar-refractivity contribution in [1.82, 2.24) is 29.9 Å². The van der Waals surface area contributed by atoms with Crippen molar-refractivity contribution >= 4 is 29.0 Å². The number of carbonyl (C=O) groups excluding carboxylic acids is 2. The van der Waals surface area contributed by atoms with E-state index in [4.69, 9.17) is 0 Å². The maximum absolute atomic E-state index is 12.9. The van der Waals surface area contributed by atoms with Gasteiger partial charge in [-0.1, -0.05) is 12.7 Å². The van der Waals surface area contributed by atoms with E-state index < -0.39 is 24.9 Å². The molecule has 208 valence electrons. The van der Waals surface area contributed by atoms with E-state index in [2.05, 4.69) is 27.3 Å². The number of nitrogens with one attached hydrogen (secondary N) is 2. The van der Waals surface area contributed by atoms with Crippen LogP contribution >= 0.6 is 0 Å². The van der Waals surface area contributed by atoms with Crippen molar-refractivity contribution in [2.45, 2.75) is 31.9 Å². The highest BCUT2D eigenvalue weighted by Gasteiger charge is 2.44. The first-order valence-corrected chi connectivity index (χ1v) is 13.0. The minimum absolute atomic E-state index is 0.0428. The first-order chi connectivity index (χ1) is 18.5. The zero-order valence-corrected chi connectivity index (χ0v) is 21.9. The summed E-state index contributed by atoms with van der Waals surface area (Å²) in [6, 6.07) is 7.24. The van der Waals surface area contributed by atoms with Crippen LogP contribution in [-0.2, 0) is 11.8 Å². The van der Waals surface area contributed by atoms with Crippen molar-refractivity contribution < 1.29 is 22.8 Å². The van der Waals surface area contributed by atoms with Crippen LogP contribution in [0.15, 0.2) is 42.5 Å². The molecule has 3 aliphatic heterocycles. The van der Waals surface area contributed by atoms with Gasteiger partial charge in [-0.2, -0.15) is 18.2 Å². The second-order valence-electron chi connectivity index (χ2n) is 10.6. The number of nitrogens with zero attached hydrogens (tertiary/aromatic N) is 5. The van der Waals surface area contributed by atoms with Gasteiger partial charge in [0.1, 0.15) is 0 Å². The SMILES string of the molecule is C=C(C1=CCN(C(=O)CCC(F)(F)F)CC1)c1nc(Nc2ccc(C(=O)N3CCC4(CNC4)C3)cc2)nn1C. The van der Waals surface area contributed by atoms with Crippen LogP contribution < -0.4 is 10.6 Å². The molecule has 2 saturated heterocycles. The fourth-order valence-corrected chi connectivity index (χ4v) is 5.30. The summed E-state index contributed by atoms with van der Waals surface area (Å²) in [5, 5.41) is 10.9. The predicted molar refractivity (Wildman–Crippen MR) is 140 cm³/mol. The highest BCUT2D eigenvalue weighted by Crippen LogP contribution is 2.35. The molecule has 9 nitrogen and oxygen atoms in total. The van der Waals surface area contributed by atoms with Crippen LogP contribution in [0.3, 0.4) is 0 Å². The van der Waals surface area contributed by atoms with E-state index in [1.165, 1.54) is 4.90 Å². The van der Waals surface area contributed by atoms with Crippen molar-refractivity contribution in [3.63, 3.8) is 0 Å². The monoisotopic (exact) mass is 543 g/mol. The van der Waals surface area contributed by atoms with Crippen molar-refractivity contribution in [1.29, 1.82) is 0 Å². The van der Waals surface area contributed by atoms with Crippen LogP contribution in [0.25, 0.3) is 5.57 Å². The number of amides is 2. The number of hydrogen-bond donors (Lipinski definition) is 2. The van der Waals surface area contributed by atoms with E-state index in [9.17, 15) is 22.8 Å². The molecular formula is C27H32F3N7O2. The lowest BCUT2D eigenvalue weighted by Crippen LogP contribution is -2.55. The van der Waals surface area contributed by atoms with Gasteiger partial charge in [0.05, 0.1) is 6.42 Å². The molecule has 2 N–H and O–H groups in total. The van der Waals surface area contributed by atoms with Crippen LogP contribution in [-0.4, -0.2) is 81.8 Å². The van der Waals surface area contributed by atoms with Crippen LogP contribution in [0.4, 0.5) is 24.8 Å². The van der Waals surface area contributed by atoms with Gasteiger partial charge in [-0.05, 0) is 42.7 Å². The van der Waals surface area contributed by atoms with Gasteiger partial charge in [0.15, 0.2) is 5.82 Å². The maximum Gasteiger partial charge on any atom is 0.389 e. The second-order valence-corrected chi connectivity index (χ2v) is 10.6. The molecule has 1 aromatic carbocycles. The number of benzene rings is 1. The Kier molecular flexibility index (Phi) is 7.23. The summed E-state index contributed by atoms with van der Waals surface area (Å²) in [5.74, 6) is 0.445. The van der Waals surface area contributed by atoms with Gasteiger partial charge < -0.3 is 20.4 Å². The zero-order chi connectivity index (χ0) is 27.8. The van der Waals surface area contributed by atoms with Gasteiger partial charge in [0.2, 0.25) is 11.9 Å². The molecule has 1 spiro atoms. The molecule has 0 radical (unpaired) electrons. The number of allylic oxidation sites excluding steroid dienone is 1. The van der Waals surface area contributed by atoms with Crippen molar-refractivity contribution in [2.24, 2.45) is 12.5 Å². The van der Waals surface area contributed by atoms with Gasteiger partial charge in [-0.15, -0.1) is 5.10 Å². The Morgan fingerprint density at radius 1 is 1.15 bits per heavy atom. The lowest BCUT2D eigenvalue weighted by molar-refractivity contribution is -0.148. The third kappa shape index (κ3) is 6.00. The first kappa shape index (κ1) is 26.9. The van der Waals surface area contributed by atoms with E-state index in [1.807, 2.05) is 17.0 Å². The molecule has 4 heterocycles. The number of halogens is 3. The highest BCUT2D eigenvalue weighted by atomic mass is 19.4. The second kappa shape index (κ2) is 10.5. The average molecular weight is 544 g/mol. The summed E-state index contributed by atoms with van der Waals surface area (Å²) in [5.41, 5.74) is 3.15. The van der Waals surface area contributed by atoms with Gasteiger partial charge in [0, 0.05) is 75.0 Å². The summed E-state index contributed by atoms with van der Waals surface area (Å²) >= 11 is 0. The summed E-state index contributed by atoms with van der Waals surface area (Å²) in [6.45, 7) is 8.23. The number of likely N-dealkylation sites (tertiary alicyclic amines) is 1. The number of alkyl halides is 3. The van der Waals surface area contributed by atoms with Crippen LogP contribution in [0.5, 0.6) is 0 Å². The Balaban J connectivity index is 1.17. The van der Waals surface area contributed by atoms with Gasteiger partial charge in [0.25, 0.3) is 5.91 Å². The topological polar surface area (TPSA) is 95.4 Å². The number of aromatic nitrogens is 3. The Bertz CT molecular complexity index is 1300. The molecule has 0 aliphatic carbocycles. The number of aryl methyl sites for hydroxylation is 1. The van der Waals surface area contributed by atoms with E-state index in [-0.39, 0.29) is 17.9 Å². The normalized spacial score (nSPS) is 18.6. The summed E-state index contributed by atoms with van der Waals surface area (Å²) in [6.07, 6.45) is -2.69. The molecule has 2 amide bonds. The molecule has 1 aromatic heterocycles. The molecule has 12 heteroatoms. The molecule has 3 aliphatic rings. The van der Waals surface area contributed by atoms with Gasteiger partial charge in [-0.3, -0.25) is 9.59 Å². The molecule has 2 fully saturated rings. The minimum atomic E-state index is -4.35.